The summed E-state index contributed by atoms with van der Waals surface area (Å²) in [5.41, 5.74) is 6.70. The molecule has 0 bridgehead atoms. The fourth-order valence-electron chi connectivity index (χ4n) is 3.69. The average molecular weight is 564 g/mol. The van der Waals surface area contributed by atoms with Gasteiger partial charge in [-0.25, -0.2) is 8.05 Å². The smallest absolute Gasteiger partial charge is 0.387 e. The first kappa shape index (κ1) is 24.5. The molecule has 0 atom stereocenters. The highest BCUT2D eigenvalue weighted by Crippen LogP contribution is 2.31. The van der Waals surface area contributed by atoms with Gasteiger partial charge >= 0.3 is 6.61 Å². The largest absolute Gasteiger partial charge is 0.435 e. The number of rotatable bonds is 11. The number of alkyl halides is 2. The van der Waals surface area contributed by atoms with Crippen molar-refractivity contribution < 1.29 is 21.8 Å². The van der Waals surface area contributed by atoms with Gasteiger partial charge in [-0.3, -0.25) is 5.21 Å². The molecule has 32 heavy (non-hydrogen) atoms. The van der Waals surface area contributed by atoms with Crippen LogP contribution in [0.25, 0.3) is 0 Å². The van der Waals surface area contributed by atoms with E-state index in [2.05, 4.69) is 25.3 Å². The molecule has 1 aromatic heterocycles. The van der Waals surface area contributed by atoms with E-state index in [1.165, 1.54) is 18.3 Å². The first-order valence-electron chi connectivity index (χ1n) is 10.3. The minimum atomic E-state index is -2.89. The van der Waals surface area contributed by atoms with Gasteiger partial charge in [0.2, 0.25) is 5.95 Å². The van der Waals surface area contributed by atoms with Crippen LogP contribution < -0.4 is 24.4 Å². The highest BCUT2D eigenvalue weighted by Gasteiger charge is 2.21. The van der Waals surface area contributed by atoms with Gasteiger partial charge in [-0.2, -0.15) is 17.0 Å². The third-order valence-corrected chi connectivity index (χ3v) is 6.36. The summed E-state index contributed by atoms with van der Waals surface area (Å²) >= 11 is -1.84. The Bertz CT molecular complexity index is 886. The van der Waals surface area contributed by atoms with E-state index in [1.807, 2.05) is 0 Å². The number of nitrogens with two attached hydrogens (primary N) is 1. The van der Waals surface area contributed by atoms with Crippen LogP contribution >= 0.6 is 21.5 Å². The van der Waals surface area contributed by atoms with Gasteiger partial charge in [0.25, 0.3) is 21.5 Å². The molecule has 3 rings (SSSR count). The Kier molecular flexibility index (Phi) is 9.29. The van der Waals surface area contributed by atoms with Crippen molar-refractivity contribution in [1.29, 1.82) is 0 Å². The van der Waals surface area contributed by atoms with Crippen LogP contribution in [0.3, 0.4) is 0 Å². The van der Waals surface area contributed by atoms with Crippen LogP contribution in [0.15, 0.2) is 30.5 Å². The second kappa shape index (κ2) is 12.2. The van der Waals surface area contributed by atoms with Crippen LogP contribution in [-0.4, -0.2) is 34.9 Å². The van der Waals surface area contributed by atoms with Gasteiger partial charge in [0.15, 0.2) is 5.82 Å². The predicted molar refractivity (Wildman–Crippen MR) is 124 cm³/mol. The fourth-order valence-corrected chi connectivity index (χ4v) is 4.25. The van der Waals surface area contributed by atoms with Crippen molar-refractivity contribution in [3.8, 4) is 5.75 Å². The lowest BCUT2D eigenvalue weighted by atomic mass is 9.82. The molecular formula is C20H27F2IN6O3. The maximum absolute atomic E-state index is 12.4. The van der Waals surface area contributed by atoms with E-state index in [4.69, 9.17) is 5.73 Å². The van der Waals surface area contributed by atoms with Crippen molar-refractivity contribution >= 4 is 38.9 Å². The summed E-state index contributed by atoms with van der Waals surface area (Å²) in [4.78, 5) is 8.58. The Labute approximate surface area is 195 Å². The molecule has 2 aromatic rings. The molecule has 1 aliphatic carbocycles. The number of aromatic nitrogens is 2. The van der Waals surface area contributed by atoms with Crippen LogP contribution in [0, 0.1) is 11.8 Å². The van der Waals surface area contributed by atoms with Gasteiger partial charge in [0.1, 0.15) is 11.4 Å². The van der Waals surface area contributed by atoms with Crippen molar-refractivity contribution in [3.05, 3.63) is 36.0 Å². The van der Waals surface area contributed by atoms with Gasteiger partial charge < -0.3 is 21.1 Å². The van der Waals surface area contributed by atoms with Crippen LogP contribution in [0.1, 0.15) is 31.2 Å². The summed E-state index contributed by atoms with van der Waals surface area (Å²) in [7, 11) is 0. The molecule has 1 fully saturated rings. The van der Waals surface area contributed by atoms with E-state index < -0.39 is 28.1 Å². The third-order valence-electron chi connectivity index (χ3n) is 5.47. The maximum Gasteiger partial charge on any atom is 0.387 e. The number of anilines is 3. The summed E-state index contributed by atoms with van der Waals surface area (Å²) in [6.45, 7) is -1.23. The van der Waals surface area contributed by atoms with Crippen LogP contribution in [0.2, 0.25) is 0 Å². The zero-order valence-electron chi connectivity index (χ0n) is 17.4. The van der Waals surface area contributed by atoms with Crippen molar-refractivity contribution in [1.82, 2.24) is 9.97 Å². The Morgan fingerprint density at radius 3 is 2.69 bits per heavy atom. The first-order valence-corrected chi connectivity index (χ1v) is 12.2. The lowest BCUT2D eigenvalue weighted by Crippen LogP contribution is -2.25. The molecule has 176 valence electrons. The summed E-state index contributed by atoms with van der Waals surface area (Å²) in [5.74, 6) is 1.76. The fraction of sp³-hybridized carbons (Fsp3) is 0.500. The molecule has 1 saturated carbocycles. The Morgan fingerprint density at radius 2 is 2.00 bits per heavy atom. The van der Waals surface area contributed by atoms with Crippen molar-refractivity contribution in [2.24, 2.45) is 17.6 Å². The molecule has 1 aromatic carbocycles. The highest BCUT2D eigenvalue weighted by atomic mass is 127. The number of hydrogen-bond acceptors (Lipinski definition) is 8. The molecular weight excluding hydrogens is 537 g/mol. The minimum absolute atomic E-state index is 0.0672. The van der Waals surface area contributed by atoms with E-state index in [-0.39, 0.29) is 23.9 Å². The molecule has 1 heterocycles. The van der Waals surface area contributed by atoms with Crippen molar-refractivity contribution in [3.63, 3.8) is 0 Å². The molecule has 0 saturated heterocycles. The molecule has 5 N–H and O–H groups in total. The van der Waals surface area contributed by atoms with Crippen LogP contribution in [0.4, 0.5) is 26.2 Å². The average Bonchev–Trinajstić information content (AvgIpc) is 2.81. The second-order valence-corrected chi connectivity index (χ2v) is 8.95. The number of nitrogens with one attached hydrogen (secondary N) is 2. The molecule has 0 radical (unpaired) electrons. The molecule has 12 heteroatoms. The first-order chi connectivity index (χ1) is 15.5. The van der Waals surface area contributed by atoms with E-state index in [9.17, 15) is 17.1 Å². The lowest BCUT2D eigenvalue weighted by molar-refractivity contribution is -0.0498. The topological polar surface area (TPSA) is 126 Å². The summed E-state index contributed by atoms with van der Waals surface area (Å²) in [5, 5.41) is 16.2. The third kappa shape index (κ3) is 7.17. The minimum Gasteiger partial charge on any atom is -0.435 e. The van der Waals surface area contributed by atoms with Gasteiger partial charge in [-0.05, 0) is 61.8 Å². The molecule has 9 nitrogen and oxygen atoms in total. The summed E-state index contributed by atoms with van der Waals surface area (Å²) < 4.78 is 41.2. The predicted octanol–water partition coefficient (Wildman–Crippen LogP) is 4.29. The molecule has 0 aliphatic heterocycles. The van der Waals surface area contributed by atoms with Gasteiger partial charge in [-0.15, -0.1) is 0 Å². The Balaban J connectivity index is 1.65. The standard InChI is InChI=1S/C20H27F2IN6O3/c21-19(22)32-16-3-1-2-15(8-16)11-26-20-27-12-17(29(31)23-30)18(28-20)25-10-14-6-4-13(9-24)5-7-14/h1-3,8,12-14,19,31H,4-7,9-11,24H2,(H2,25,26,27,28). The number of nitrogens with zero attached hydrogens (tertiary/aromatic N) is 3. The van der Waals surface area contributed by atoms with Crippen molar-refractivity contribution in [2.75, 3.05) is 27.0 Å². The van der Waals surface area contributed by atoms with Gasteiger partial charge in [0.05, 0.1) is 6.20 Å². The lowest BCUT2D eigenvalue weighted by Gasteiger charge is -2.28. The van der Waals surface area contributed by atoms with E-state index in [0.29, 0.717) is 33.0 Å². The SMILES string of the molecule is NCC1CCC(CNc2nc(NCc3cccc(OC(F)F)c3)ncc2N(O)I=O)CC1. The maximum atomic E-state index is 12.4. The number of hydrogen-bond donors (Lipinski definition) is 4. The molecule has 0 unspecified atom stereocenters. The zero-order chi connectivity index (χ0) is 22.9. The highest BCUT2D eigenvalue weighted by molar-refractivity contribution is 14.1. The Morgan fingerprint density at radius 1 is 1.25 bits per heavy atom. The van der Waals surface area contributed by atoms with E-state index in [1.54, 1.807) is 12.1 Å². The number of ether oxygens (including phenoxy) is 1. The summed E-state index contributed by atoms with van der Waals surface area (Å²) in [6, 6.07) is 6.33. The monoisotopic (exact) mass is 564 g/mol. The number of halogens is 3. The quantitative estimate of drug-likeness (QED) is 0.180. The Hall–Kier alpha value is -2.19. The normalized spacial score (nSPS) is 18.4. The van der Waals surface area contributed by atoms with Crippen LogP contribution in [-0.2, 0) is 9.61 Å². The van der Waals surface area contributed by atoms with Gasteiger partial charge in [0, 0.05) is 13.1 Å². The van der Waals surface area contributed by atoms with Crippen molar-refractivity contribution in [2.45, 2.75) is 38.8 Å². The molecule has 0 amide bonds. The molecule has 1 aliphatic rings. The van der Waals surface area contributed by atoms with Gasteiger partial charge in [-0.1, -0.05) is 12.1 Å². The van der Waals surface area contributed by atoms with E-state index in [0.717, 1.165) is 32.2 Å². The second-order valence-electron chi connectivity index (χ2n) is 7.64. The van der Waals surface area contributed by atoms with Crippen LogP contribution in [0.5, 0.6) is 5.75 Å². The molecule has 0 spiro atoms. The number of benzene rings is 1. The summed E-state index contributed by atoms with van der Waals surface area (Å²) in [6.07, 6.45) is 5.71. The van der Waals surface area contributed by atoms with E-state index >= 15 is 0 Å². The zero-order valence-corrected chi connectivity index (χ0v) is 19.5.